The molecule has 112 valence electrons. The molecule has 5 heteroatoms. The number of halogens is 3. The Hall–Kier alpha value is -2.17. The quantitative estimate of drug-likeness (QED) is 0.820. The van der Waals surface area contributed by atoms with Gasteiger partial charge in [0.1, 0.15) is 12.4 Å². The first-order valence-corrected chi connectivity index (χ1v) is 6.56. The van der Waals surface area contributed by atoms with Crippen molar-refractivity contribution in [3.8, 4) is 5.75 Å². The van der Waals surface area contributed by atoms with Crippen LogP contribution >= 0.6 is 0 Å². The molecule has 1 N–H and O–H groups in total. The minimum Gasteiger partial charge on any atom is -0.492 e. The van der Waals surface area contributed by atoms with E-state index in [-0.39, 0.29) is 12.4 Å². The highest BCUT2D eigenvalue weighted by Crippen LogP contribution is 2.31. The van der Waals surface area contributed by atoms with Crippen LogP contribution in [0.4, 0.5) is 18.9 Å². The summed E-state index contributed by atoms with van der Waals surface area (Å²) in [5.41, 5.74) is 1.42. The summed E-state index contributed by atoms with van der Waals surface area (Å²) in [5, 5.41) is 3.14. The van der Waals surface area contributed by atoms with Crippen LogP contribution in [0, 0.1) is 6.92 Å². The Labute approximate surface area is 121 Å². The van der Waals surface area contributed by atoms with Crippen molar-refractivity contribution in [1.29, 1.82) is 0 Å². The number of ether oxygens (including phenoxy) is 1. The molecule has 0 spiro atoms. The third kappa shape index (κ3) is 4.70. The van der Waals surface area contributed by atoms with Gasteiger partial charge in [0.15, 0.2) is 0 Å². The third-order valence-corrected chi connectivity index (χ3v) is 2.91. The van der Waals surface area contributed by atoms with Gasteiger partial charge in [0.05, 0.1) is 5.56 Å². The van der Waals surface area contributed by atoms with E-state index in [9.17, 15) is 13.2 Å². The molecule has 0 saturated heterocycles. The van der Waals surface area contributed by atoms with E-state index >= 15 is 0 Å². The SMILES string of the molecule is Cc1ccc(NCCOc2cccc(C(F)(F)F)c2)cc1. The number of hydrogen-bond donors (Lipinski definition) is 1. The van der Waals surface area contributed by atoms with Crippen LogP contribution < -0.4 is 10.1 Å². The first-order valence-electron chi connectivity index (χ1n) is 6.56. The Bertz CT molecular complexity index is 579. The molecule has 0 heterocycles. The molecule has 21 heavy (non-hydrogen) atoms. The van der Waals surface area contributed by atoms with Crippen LogP contribution in [0.5, 0.6) is 5.75 Å². The topological polar surface area (TPSA) is 21.3 Å². The molecule has 2 rings (SSSR count). The van der Waals surface area contributed by atoms with Crippen LogP contribution in [0.15, 0.2) is 48.5 Å². The van der Waals surface area contributed by atoms with E-state index in [0.717, 1.165) is 17.8 Å². The van der Waals surface area contributed by atoms with Crippen molar-refractivity contribution >= 4 is 5.69 Å². The fourth-order valence-corrected chi connectivity index (χ4v) is 1.80. The second-order valence-corrected chi connectivity index (χ2v) is 4.67. The predicted molar refractivity (Wildman–Crippen MR) is 76.6 cm³/mol. The van der Waals surface area contributed by atoms with E-state index in [1.807, 2.05) is 31.2 Å². The average molecular weight is 295 g/mol. The molecule has 2 aromatic carbocycles. The van der Waals surface area contributed by atoms with E-state index < -0.39 is 11.7 Å². The van der Waals surface area contributed by atoms with E-state index in [1.165, 1.54) is 17.7 Å². The van der Waals surface area contributed by atoms with Crippen LogP contribution in [-0.4, -0.2) is 13.2 Å². The number of anilines is 1. The van der Waals surface area contributed by atoms with Gasteiger partial charge in [-0.2, -0.15) is 13.2 Å². The number of aryl methyl sites for hydroxylation is 1. The maximum absolute atomic E-state index is 12.5. The van der Waals surface area contributed by atoms with E-state index in [0.29, 0.717) is 6.54 Å². The monoisotopic (exact) mass is 295 g/mol. The first kappa shape index (κ1) is 15.2. The highest BCUT2D eigenvalue weighted by molar-refractivity contribution is 5.44. The maximum atomic E-state index is 12.5. The molecule has 2 aromatic rings. The standard InChI is InChI=1S/C16H16F3NO/c1-12-5-7-14(8-6-12)20-9-10-21-15-4-2-3-13(11-15)16(17,18)19/h2-8,11,20H,9-10H2,1H3. The number of hydrogen-bond acceptors (Lipinski definition) is 2. The highest BCUT2D eigenvalue weighted by Gasteiger charge is 2.30. The summed E-state index contributed by atoms with van der Waals surface area (Å²) in [6, 6.07) is 12.7. The maximum Gasteiger partial charge on any atom is 0.416 e. The fourth-order valence-electron chi connectivity index (χ4n) is 1.80. The lowest BCUT2D eigenvalue weighted by atomic mass is 10.2. The summed E-state index contributed by atoms with van der Waals surface area (Å²) in [5.74, 6) is 0.218. The minimum absolute atomic E-state index is 0.218. The summed E-state index contributed by atoms with van der Waals surface area (Å²) >= 11 is 0. The summed E-state index contributed by atoms with van der Waals surface area (Å²) in [4.78, 5) is 0. The molecule has 0 aliphatic rings. The number of alkyl halides is 3. The Morgan fingerprint density at radius 1 is 1.05 bits per heavy atom. The first-order chi connectivity index (χ1) is 9.95. The Kier molecular flexibility index (Phi) is 4.73. The van der Waals surface area contributed by atoms with Gasteiger partial charge >= 0.3 is 6.18 Å². The molecule has 0 unspecified atom stereocenters. The fraction of sp³-hybridized carbons (Fsp3) is 0.250. The van der Waals surface area contributed by atoms with Gasteiger partial charge in [-0.15, -0.1) is 0 Å². The molecule has 0 aromatic heterocycles. The van der Waals surface area contributed by atoms with E-state index in [2.05, 4.69) is 5.32 Å². The van der Waals surface area contributed by atoms with Crippen molar-refractivity contribution < 1.29 is 17.9 Å². The Morgan fingerprint density at radius 2 is 1.76 bits per heavy atom. The molecule has 0 fully saturated rings. The number of rotatable bonds is 5. The van der Waals surface area contributed by atoms with Crippen molar-refractivity contribution in [2.24, 2.45) is 0 Å². The minimum atomic E-state index is -4.35. The lowest BCUT2D eigenvalue weighted by Crippen LogP contribution is -2.12. The van der Waals surface area contributed by atoms with Gasteiger partial charge in [-0.05, 0) is 37.3 Å². The molecule has 0 amide bonds. The molecule has 0 saturated carbocycles. The van der Waals surface area contributed by atoms with Gasteiger partial charge in [-0.3, -0.25) is 0 Å². The number of nitrogens with one attached hydrogen (secondary N) is 1. The lowest BCUT2D eigenvalue weighted by molar-refractivity contribution is -0.137. The van der Waals surface area contributed by atoms with E-state index in [4.69, 9.17) is 4.74 Å². The molecule has 0 radical (unpaired) electrons. The van der Waals surface area contributed by atoms with Crippen molar-refractivity contribution in [1.82, 2.24) is 0 Å². The lowest BCUT2D eigenvalue weighted by Gasteiger charge is -2.11. The van der Waals surface area contributed by atoms with Crippen LogP contribution in [-0.2, 0) is 6.18 Å². The predicted octanol–water partition coefficient (Wildman–Crippen LogP) is 4.50. The summed E-state index contributed by atoms with van der Waals surface area (Å²) in [6.07, 6.45) is -4.35. The van der Waals surface area contributed by atoms with Crippen molar-refractivity contribution in [2.75, 3.05) is 18.5 Å². The van der Waals surface area contributed by atoms with Gasteiger partial charge in [-0.1, -0.05) is 23.8 Å². The molecule has 0 atom stereocenters. The zero-order valence-corrected chi connectivity index (χ0v) is 11.6. The number of benzene rings is 2. The van der Waals surface area contributed by atoms with E-state index in [1.54, 1.807) is 0 Å². The largest absolute Gasteiger partial charge is 0.492 e. The average Bonchev–Trinajstić information content (AvgIpc) is 2.45. The van der Waals surface area contributed by atoms with Gasteiger partial charge < -0.3 is 10.1 Å². The van der Waals surface area contributed by atoms with Gasteiger partial charge in [0.25, 0.3) is 0 Å². The third-order valence-electron chi connectivity index (χ3n) is 2.91. The summed E-state index contributed by atoms with van der Waals surface area (Å²) in [6.45, 7) is 2.80. The Morgan fingerprint density at radius 3 is 2.43 bits per heavy atom. The second kappa shape index (κ2) is 6.52. The summed E-state index contributed by atoms with van der Waals surface area (Å²) < 4.78 is 43.0. The molecule has 0 aliphatic carbocycles. The van der Waals surface area contributed by atoms with Gasteiger partial charge in [0.2, 0.25) is 0 Å². The van der Waals surface area contributed by atoms with Crippen LogP contribution in [0.3, 0.4) is 0 Å². The zero-order chi connectivity index (χ0) is 15.3. The highest BCUT2D eigenvalue weighted by atomic mass is 19.4. The van der Waals surface area contributed by atoms with Crippen LogP contribution in [0.2, 0.25) is 0 Å². The summed E-state index contributed by atoms with van der Waals surface area (Å²) in [7, 11) is 0. The van der Waals surface area contributed by atoms with Crippen LogP contribution in [0.1, 0.15) is 11.1 Å². The van der Waals surface area contributed by atoms with Gasteiger partial charge in [-0.25, -0.2) is 0 Å². The van der Waals surface area contributed by atoms with Crippen LogP contribution in [0.25, 0.3) is 0 Å². The van der Waals surface area contributed by atoms with Crippen molar-refractivity contribution in [3.05, 3.63) is 59.7 Å². The second-order valence-electron chi connectivity index (χ2n) is 4.67. The molecule has 2 nitrogen and oxygen atoms in total. The van der Waals surface area contributed by atoms with Crippen molar-refractivity contribution in [2.45, 2.75) is 13.1 Å². The smallest absolute Gasteiger partial charge is 0.416 e. The Balaban J connectivity index is 1.82. The van der Waals surface area contributed by atoms with Gasteiger partial charge in [0, 0.05) is 12.2 Å². The zero-order valence-electron chi connectivity index (χ0n) is 11.6. The normalized spacial score (nSPS) is 11.2. The van der Waals surface area contributed by atoms with Crippen molar-refractivity contribution in [3.63, 3.8) is 0 Å². The molecule has 0 bridgehead atoms. The molecular formula is C16H16F3NO. The molecular weight excluding hydrogens is 279 g/mol. The molecule has 0 aliphatic heterocycles.